The monoisotopic (exact) mass is 516 g/mol. The number of aryl methyl sites for hydroxylation is 1. The first-order chi connectivity index (χ1) is 12.7. The van der Waals surface area contributed by atoms with Crippen molar-refractivity contribution in [3.8, 4) is 0 Å². The Hall–Kier alpha value is -0.920. The van der Waals surface area contributed by atoms with Crippen molar-refractivity contribution in [3.63, 3.8) is 0 Å². The molecule has 1 heterocycles. The zero-order valence-electron chi connectivity index (χ0n) is 14.8. The van der Waals surface area contributed by atoms with Gasteiger partial charge in [-0.05, 0) is 49.8 Å². The standard InChI is InChI=1S/C19H19Br2ClN2O3/c1-7-3-4-9(5-12(7)22)23-17(25)8(2)24-18(26)13-10-6-11(14(13)19(24)27)16(21)15(10)20/h3-5,8,10-11,13-16H,6H2,1-2H3,(H,23,25)/t8-,10+,11+,13+,14+,15-,16-/m0/s1. The fraction of sp³-hybridized carbons (Fsp3) is 0.526. The van der Waals surface area contributed by atoms with Crippen LogP contribution in [0.3, 0.4) is 0 Å². The van der Waals surface area contributed by atoms with E-state index in [0.717, 1.165) is 12.0 Å². The number of halogens is 3. The molecule has 0 unspecified atom stereocenters. The molecule has 2 saturated carbocycles. The molecule has 2 aliphatic carbocycles. The van der Waals surface area contributed by atoms with E-state index in [2.05, 4.69) is 37.2 Å². The Labute approximate surface area is 179 Å². The Morgan fingerprint density at radius 3 is 2.26 bits per heavy atom. The second-order valence-electron chi connectivity index (χ2n) is 7.68. The van der Waals surface area contributed by atoms with Crippen molar-refractivity contribution in [1.82, 2.24) is 4.90 Å². The molecule has 1 aromatic carbocycles. The number of alkyl halides is 2. The van der Waals surface area contributed by atoms with E-state index in [-0.39, 0.29) is 45.1 Å². The number of imide groups is 1. The van der Waals surface area contributed by atoms with Crippen molar-refractivity contribution < 1.29 is 14.4 Å². The van der Waals surface area contributed by atoms with Gasteiger partial charge in [-0.1, -0.05) is 49.5 Å². The summed E-state index contributed by atoms with van der Waals surface area (Å²) < 4.78 is 0. The van der Waals surface area contributed by atoms with Gasteiger partial charge < -0.3 is 5.32 Å². The lowest BCUT2D eigenvalue weighted by Crippen LogP contribution is -2.46. The number of amides is 3. The number of benzene rings is 1. The summed E-state index contributed by atoms with van der Waals surface area (Å²) in [6, 6.07) is 4.36. The molecule has 5 nitrogen and oxygen atoms in total. The smallest absolute Gasteiger partial charge is 0.247 e. The van der Waals surface area contributed by atoms with Gasteiger partial charge in [-0.2, -0.15) is 0 Å². The molecular formula is C19H19Br2ClN2O3. The maximum Gasteiger partial charge on any atom is 0.247 e. The molecule has 4 rings (SSSR count). The highest BCUT2D eigenvalue weighted by atomic mass is 79.9. The minimum atomic E-state index is -0.863. The Morgan fingerprint density at radius 1 is 1.19 bits per heavy atom. The van der Waals surface area contributed by atoms with Crippen LogP contribution in [0.5, 0.6) is 0 Å². The first-order valence-corrected chi connectivity index (χ1v) is 11.2. The third kappa shape index (κ3) is 2.88. The molecule has 3 fully saturated rings. The van der Waals surface area contributed by atoms with Gasteiger partial charge in [0.25, 0.3) is 0 Å². The minimum Gasteiger partial charge on any atom is -0.324 e. The Balaban J connectivity index is 1.53. The van der Waals surface area contributed by atoms with E-state index in [1.54, 1.807) is 19.1 Å². The van der Waals surface area contributed by atoms with Crippen LogP contribution in [0.4, 0.5) is 5.69 Å². The van der Waals surface area contributed by atoms with Gasteiger partial charge in [0, 0.05) is 20.4 Å². The molecule has 1 N–H and O–H groups in total. The third-order valence-electron chi connectivity index (χ3n) is 6.23. The van der Waals surface area contributed by atoms with Crippen LogP contribution in [0.15, 0.2) is 18.2 Å². The van der Waals surface area contributed by atoms with Crippen LogP contribution in [0.2, 0.25) is 5.02 Å². The summed E-state index contributed by atoms with van der Waals surface area (Å²) in [7, 11) is 0. The molecule has 1 aromatic rings. The van der Waals surface area contributed by atoms with Crippen molar-refractivity contribution in [2.24, 2.45) is 23.7 Å². The lowest BCUT2D eigenvalue weighted by molar-refractivity contribution is -0.146. The maximum atomic E-state index is 13.0. The van der Waals surface area contributed by atoms with Crippen LogP contribution in [0, 0.1) is 30.6 Å². The van der Waals surface area contributed by atoms with Gasteiger partial charge in [-0.15, -0.1) is 0 Å². The second kappa shape index (κ2) is 6.85. The summed E-state index contributed by atoms with van der Waals surface area (Å²) in [5, 5.41) is 3.31. The number of hydrogen-bond acceptors (Lipinski definition) is 3. The van der Waals surface area contributed by atoms with E-state index in [4.69, 9.17) is 11.6 Å². The highest BCUT2D eigenvalue weighted by Crippen LogP contribution is 2.60. The maximum absolute atomic E-state index is 13.0. The average Bonchev–Trinajstić information content (AvgIpc) is 3.22. The molecule has 7 atom stereocenters. The van der Waals surface area contributed by atoms with Gasteiger partial charge in [0.2, 0.25) is 17.7 Å². The van der Waals surface area contributed by atoms with Gasteiger partial charge in [0.05, 0.1) is 11.8 Å². The van der Waals surface area contributed by atoms with E-state index < -0.39 is 11.9 Å². The Bertz CT molecular complexity index is 816. The zero-order valence-corrected chi connectivity index (χ0v) is 18.7. The van der Waals surface area contributed by atoms with Gasteiger partial charge in [-0.25, -0.2) is 0 Å². The lowest BCUT2D eigenvalue weighted by atomic mass is 9.81. The van der Waals surface area contributed by atoms with Gasteiger partial charge in [0.1, 0.15) is 6.04 Å². The topological polar surface area (TPSA) is 66.5 Å². The van der Waals surface area contributed by atoms with E-state index in [9.17, 15) is 14.4 Å². The highest BCUT2D eigenvalue weighted by molar-refractivity contribution is 9.12. The molecule has 1 saturated heterocycles. The number of carbonyl (C=O) groups is 3. The zero-order chi connectivity index (χ0) is 19.6. The number of rotatable bonds is 3. The molecule has 1 aliphatic heterocycles. The highest BCUT2D eigenvalue weighted by Gasteiger charge is 2.67. The predicted octanol–water partition coefficient (Wildman–Crippen LogP) is 3.75. The number of carbonyl (C=O) groups excluding carboxylic acids is 3. The number of anilines is 1. The third-order valence-corrected chi connectivity index (χ3v) is 9.84. The van der Waals surface area contributed by atoms with Crippen LogP contribution in [0.25, 0.3) is 0 Å². The summed E-state index contributed by atoms with van der Waals surface area (Å²) >= 11 is 13.4. The molecule has 27 heavy (non-hydrogen) atoms. The Morgan fingerprint density at radius 2 is 1.74 bits per heavy atom. The van der Waals surface area contributed by atoms with Crippen LogP contribution in [-0.4, -0.2) is 38.3 Å². The predicted molar refractivity (Wildman–Crippen MR) is 110 cm³/mol. The summed E-state index contributed by atoms with van der Waals surface area (Å²) in [6.07, 6.45) is 0.870. The first kappa shape index (κ1) is 19.4. The fourth-order valence-electron chi connectivity index (χ4n) is 4.79. The number of likely N-dealkylation sites (tertiary alicyclic amines) is 1. The largest absolute Gasteiger partial charge is 0.324 e. The van der Waals surface area contributed by atoms with Crippen LogP contribution >= 0.6 is 43.5 Å². The molecule has 3 aliphatic rings. The first-order valence-electron chi connectivity index (χ1n) is 8.94. The van der Waals surface area contributed by atoms with Crippen LogP contribution in [-0.2, 0) is 14.4 Å². The molecular weight excluding hydrogens is 499 g/mol. The molecule has 3 amide bonds. The molecule has 144 valence electrons. The molecule has 2 bridgehead atoms. The van der Waals surface area contributed by atoms with Gasteiger partial charge in [0.15, 0.2) is 0 Å². The molecule has 0 radical (unpaired) electrons. The summed E-state index contributed by atoms with van der Waals surface area (Å²) in [4.78, 5) is 40.2. The van der Waals surface area contributed by atoms with Crippen LogP contribution < -0.4 is 5.32 Å². The number of hydrogen-bond donors (Lipinski definition) is 1. The second-order valence-corrected chi connectivity index (χ2v) is 10.2. The average molecular weight is 519 g/mol. The van der Waals surface area contributed by atoms with Crippen molar-refractivity contribution in [2.75, 3.05) is 5.32 Å². The van der Waals surface area contributed by atoms with E-state index in [1.165, 1.54) is 4.90 Å². The SMILES string of the molecule is Cc1ccc(NC(=O)[C@H](C)N2C(=O)[C@@H]3[C@H]4C[C@@H]([C@H](Br)[C@H]4Br)[C@H]3C2=O)cc1Cl. The van der Waals surface area contributed by atoms with Crippen molar-refractivity contribution in [1.29, 1.82) is 0 Å². The van der Waals surface area contributed by atoms with Crippen LogP contribution in [0.1, 0.15) is 18.9 Å². The summed E-state index contributed by atoms with van der Waals surface area (Å²) in [5.74, 6) is -1.19. The Kier molecular flexibility index (Phi) is 4.92. The molecule has 8 heteroatoms. The molecule has 0 aromatic heterocycles. The fourth-order valence-corrected chi connectivity index (χ4v) is 6.84. The summed E-state index contributed by atoms with van der Waals surface area (Å²) in [6.45, 7) is 3.47. The quantitative estimate of drug-likeness (QED) is 0.490. The number of nitrogens with zero attached hydrogens (tertiary/aromatic N) is 1. The minimum absolute atomic E-state index is 0.136. The van der Waals surface area contributed by atoms with Gasteiger partial charge in [-0.3, -0.25) is 19.3 Å². The number of nitrogens with one attached hydrogen (secondary N) is 1. The van der Waals surface area contributed by atoms with Crippen molar-refractivity contribution in [3.05, 3.63) is 28.8 Å². The van der Waals surface area contributed by atoms with E-state index in [1.807, 2.05) is 13.0 Å². The van der Waals surface area contributed by atoms with Crippen molar-refractivity contribution >= 4 is 66.9 Å². The normalized spacial score (nSPS) is 35.5. The summed E-state index contributed by atoms with van der Waals surface area (Å²) in [5.41, 5.74) is 1.45. The van der Waals surface area contributed by atoms with Gasteiger partial charge >= 0.3 is 0 Å². The van der Waals surface area contributed by atoms with Crippen molar-refractivity contribution in [2.45, 2.75) is 36.0 Å². The van der Waals surface area contributed by atoms with E-state index >= 15 is 0 Å². The molecule has 0 spiro atoms. The number of fused-ring (bicyclic) bond motifs is 5. The van der Waals surface area contributed by atoms with E-state index in [0.29, 0.717) is 10.7 Å². The lowest BCUT2D eigenvalue weighted by Gasteiger charge is -2.28.